The lowest BCUT2D eigenvalue weighted by Crippen LogP contribution is -2.35. The van der Waals surface area contributed by atoms with Gasteiger partial charge < -0.3 is 4.57 Å². The Hall–Kier alpha value is -2.93. The van der Waals surface area contributed by atoms with Gasteiger partial charge in [0.15, 0.2) is 5.84 Å². The highest BCUT2D eigenvalue weighted by molar-refractivity contribution is 8.27. The van der Waals surface area contributed by atoms with Crippen LogP contribution in [0.3, 0.4) is 0 Å². The molecule has 0 radical (unpaired) electrons. The third-order valence-electron chi connectivity index (χ3n) is 5.48. The molecule has 7 heteroatoms. The zero-order valence-corrected chi connectivity index (χ0v) is 18.9. The van der Waals surface area contributed by atoms with E-state index in [2.05, 4.69) is 46.7 Å². The number of benzene rings is 1. The van der Waals surface area contributed by atoms with Gasteiger partial charge in [-0.3, -0.25) is 10.2 Å². The van der Waals surface area contributed by atoms with Crippen LogP contribution in [0, 0.1) is 39.0 Å². The lowest BCUT2D eigenvalue weighted by molar-refractivity contribution is -0.114. The Morgan fingerprint density at radius 2 is 1.83 bits per heavy atom. The molecule has 0 atom stereocenters. The van der Waals surface area contributed by atoms with Crippen LogP contribution in [-0.4, -0.2) is 31.5 Å². The summed E-state index contributed by atoms with van der Waals surface area (Å²) in [6.45, 7) is 12.4. The van der Waals surface area contributed by atoms with Crippen LogP contribution in [-0.2, 0) is 4.79 Å². The van der Waals surface area contributed by atoms with E-state index in [9.17, 15) is 4.79 Å². The van der Waals surface area contributed by atoms with Gasteiger partial charge in [0.25, 0.3) is 5.91 Å². The summed E-state index contributed by atoms with van der Waals surface area (Å²) in [4.78, 5) is 16.9. The summed E-state index contributed by atoms with van der Waals surface area (Å²) in [6.07, 6.45) is 1.76. The highest BCUT2D eigenvalue weighted by Gasteiger charge is 2.36. The molecular formula is C23H25N5OS. The normalized spacial score (nSPS) is 17.7. The number of fused-ring (bicyclic) bond motifs is 1. The number of amides is 1. The van der Waals surface area contributed by atoms with Crippen molar-refractivity contribution < 1.29 is 4.79 Å². The number of nitrogens with one attached hydrogen (secondary N) is 1. The molecule has 0 aliphatic carbocycles. The fourth-order valence-corrected chi connectivity index (χ4v) is 4.48. The van der Waals surface area contributed by atoms with E-state index in [1.165, 1.54) is 27.9 Å². The summed E-state index contributed by atoms with van der Waals surface area (Å²) < 4.78 is 2.17. The summed E-state index contributed by atoms with van der Waals surface area (Å²) >= 11 is 1.36. The van der Waals surface area contributed by atoms with E-state index in [0.29, 0.717) is 5.17 Å². The average molecular weight is 420 g/mol. The molecule has 0 saturated heterocycles. The van der Waals surface area contributed by atoms with Crippen molar-refractivity contribution in [2.24, 2.45) is 16.0 Å². The predicted molar refractivity (Wildman–Crippen MR) is 125 cm³/mol. The minimum atomic E-state index is -0.394. The van der Waals surface area contributed by atoms with E-state index >= 15 is 0 Å². The van der Waals surface area contributed by atoms with Crippen LogP contribution < -0.4 is 0 Å². The van der Waals surface area contributed by atoms with Crippen LogP contribution in [0.1, 0.15) is 41.9 Å². The van der Waals surface area contributed by atoms with E-state index in [4.69, 9.17) is 5.41 Å². The van der Waals surface area contributed by atoms with Crippen molar-refractivity contribution in [2.45, 2.75) is 41.5 Å². The first-order chi connectivity index (χ1) is 14.2. The van der Waals surface area contributed by atoms with Gasteiger partial charge in [-0.2, -0.15) is 15.1 Å². The van der Waals surface area contributed by atoms with Gasteiger partial charge in [0, 0.05) is 23.0 Å². The Labute approximate surface area is 180 Å². The number of rotatable bonds is 3. The Morgan fingerprint density at radius 1 is 1.10 bits per heavy atom. The van der Waals surface area contributed by atoms with Gasteiger partial charge in [-0.25, -0.2) is 0 Å². The number of nitrogens with zero attached hydrogens (tertiary/aromatic N) is 4. The number of hydrogen-bond donors (Lipinski definition) is 1. The predicted octanol–water partition coefficient (Wildman–Crippen LogP) is 4.99. The number of hydrogen-bond acceptors (Lipinski definition) is 4. The minimum absolute atomic E-state index is 0.0733. The zero-order valence-electron chi connectivity index (χ0n) is 18.1. The molecule has 0 fully saturated rings. The van der Waals surface area contributed by atoms with Crippen molar-refractivity contribution in [3.63, 3.8) is 0 Å². The van der Waals surface area contributed by atoms with Crippen LogP contribution in [0.25, 0.3) is 11.8 Å². The molecule has 1 aromatic carbocycles. The van der Waals surface area contributed by atoms with Crippen molar-refractivity contribution in [1.29, 1.82) is 5.41 Å². The fraction of sp³-hybridized carbons (Fsp3) is 0.304. The third kappa shape index (κ3) is 3.33. The molecule has 2 aliphatic rings. The summed E-state index contributed by atoms with van der Waals surface area (Å²) in [5, 5.41) is 15.8. The van der Waals surface area contributed by atoms with E-state index in [1.807, 2.05) is 33.8 Å². The van der Waals surface area contributed by atoms with Gasteiger partial charge in [-0.05, 0) is 80.4 Å². The maximum absolute atomic E-state index is 12.7. The fourth-order valence-electron chi connectivity index (χ4n) is 3.59. The molecular weight excluding hydrogens is 394 g/mol. The second-order valence-electron chi connectivity index (χ2n) is 8.04. The monoisotopic (exact) mass is 419 g/mol. The molecule has 0 unspecified atom stereocenters. The van der Waals surface area contributed by atoms with Gasteiger partial charge in [0.2, 0.25) is 5.17 Å². The number of carbonyl (C=O) groups is 1. The SMILES string of the molecule is Cc1ccc(-n2c(C)cc(/C=C3\C(=N)N4N=C(C(C)C)SC4=NC3=O)c2C)cc1C. The smallest absolute Gasteiger partial charge is 0.283 e. The van der Waals surface area contributed by atoms with Crippen molar-refractivity contribution in [1.82, 2.24) is 9.58 Å². The zero-order chi connectivity index (χ0) is 21.7. The summed E-state index contributed by atoms with van der Waals surface area (Å²) in [5.41, 5.74) is 6.81. The molecule has 1 N–H and O–H groups in total. The first-order valence-corrected chi connectivity index (χ1v) is 10.8. The maximum Gasteiger partial charge on any atom is 0.283 e. The molecule has 3 heterocycles. The number of aromatic nitrogens is 1. The topological polar surface area (TPSA) is 73.8 Å². The number of amidine groups is 2. The van der Waals surface area contributed by atoms with Gasteiger partial charge in [0.05, 0.1) is 5.57 Å². The van der Waals surface area contributed by atoms with E-state index in [0.717, 1.165) is 27.7 Å². The Bertz CT molecular complexity index is 1180. The first kappa shape index (κ1) is 20.3. The van der Waals surface area contributed by atoms with Crippen LogP contribution >= 0.6 is 11.8 Å². The van der Waals surface area contributed by atoms with E-state index < -0.39 is 5.91 Å². The highest BCUT2D eigenvalue weighted by Crippen LogP contribution is 2.31. The molecule has 4 rings (SSSR count). The van der Waals surface area contributed by atoms with Crippen LogP contribution in [0.5, 0.6) is 0 Å². The average Bonchev–Trinajstić information content (AvgIpc) is 3.22. The molecule has 0 bridgehead atoms. The quantitative estimate of drug-likeness (QED) is 0.713. The molecule has 0 spiro atoms. The molecule has 30 heavy (non-hydrogen) atoms. The van der Waals surface area contributed by atoms with Crippen LogP contribution in [0.2, 0.25) is 0 Å². The second-order valence-corrected chi connectivity index (χ2v) is 9.03. The van der Waals surface area contributed by atoms with Gasteiger partial charge in [-0.1, -0.05) is 19.9 Å². The highest BCUT2D eigenvalue weighted by atomic mass is 32.2. The lowest BCUT2D eigenvalue weighted by atomic mass is 10.1. The number of thioether (sulfide) groups is 1. The lowest BCUT2D eigenvalue weighted by Gasteiger charge is -2.20. The molecule has 1 amide bonds. The Kier molecular flexibility index (Phi) is 5.02. The number of aryl methyl sites for hydroxylation is 3. The summed E-state index contributed by atoms with van der Waals surface area (Å²) in [7, 11) is 0. The minimum Gasteiger partial charge on any atom is -0.318 e. The van der Waals surface area contributed by atoms with Gasteiger partial charge in [0.1, 0.15) is 5.04 Å². The molecule has 154 valence electrons. The van der Waals surface area contributed by atoms with Crippen LogP contribution in [0.4, 0.5) is 0 Å². The number of carbonyl (C=O) groups excluding carboxylic acids is 1. The molecule has 0 saturated carbocycles. The number of hydrazone groups is 1. The van der Waals surface area contributed by atoms with Crippen molar-refractivity contribution >= 4 is 39.8 Å². The van der Waals surface area contributed by atoms with E-state index in [1.54, 1.807) is 6.08 Å². The van der Waals surface area contributed by atoms with Crippen molar-refractivity contribution in [2.75, 3.05) is 0 Å². The molecule has 6 nitrogen and oxygen atoms in total. The third-order valence-corrected chi connectivity index (χ3v) is 6.69. The van der Waals surface area contributed by atoms with Crippen LogP contribution in [0.15, 0.2) is 39.9 Å². The van der Waals surface area contributed by atoms with Crippen molar-refractivity contribution in [3.8, 4) is 5.69 Å². The van der Waals surface area contributed by atoms with Gasteiger partial charge in [-0.15, -0.1) is 0 Å². The van der Waals surface area contributed by atoms with Crippen molar-refractivity contribution in [3.05, 3.63) is 57.9 Å². The van der Waals surface area contributed by atoms with Gasteiger partial charge >= 0.3 is 0 Å². The summed E-state index contributed by atoms with van der Waals surface area (Å²) in [5.74, 6) is -0.102. The standard InChI is InChI=1S/C23H25N5OS/c1-12(2)22-26-28-20(24)19(21(29)25-23(28)30-22)11-17-10-15(5)27(16(17)6)18-8-7-13(3)14(4)9-18/h7-12,24H,1-6H3/b19-11+,24-20?. The second kappa shape index (κ2) is 7.40. The first-order valence-electron chi connectivity index (χ1n) is 9.94. The molecule has 2 aromatic rings. The molecule has 1 aromatic heterocycles. The largest absolute Gasteiger partial charge is 0.318 e. The molecule has 2 aliphatic heterocycles. The maximum atomic E-state index is 12.7. The Balaban J connectivity index is 1.75. The Morgan fingerprint density at radius 3 is 2.50 bits per heavy atom. The number of aliphatic imine (C=N–C) groups is 1. The van der Waals surface area contributed by atoms with E-state index in [-0.39, 0.29) is 17.3 Å². The summed E-state index contributed by atoms with van der Waals surface area (Å²) in [6, 6.07) is 8.43.